The number of carbonyl (C=O) groups excluding carboxylic acids is 1. The Morgan fingerprint density at radius 3 is 2.65 bits per heavy atom. The van der Waals surface area contributed by atoms with Crippen molar-refractivity contribution in [3.63, 3.8) is 0 Å². The maximum absolute atomic E-state index is 13.2. The summed E-state index contributed by atoms with van der Waals surface area (Å²) in [5.41, 5.74) is 4.11. The normalized spacial score (nSPS) is 12.5. The summed E-state index contributed by atoms with van der Waals surface area (Å²) in [6.45, 7) is 0.945. The Hall–Kier alpha value is -3.90. The molecule has 0 unspecified atom stereocenters. The van der Waals surface area contributed by atoms with E-state index in [1.54, 1.807) is 30.3 Å². The molecule has 2 N–H and O–H groups in total. The smallest absolute Gasteiger partial charge is 0.256 e. The van der Waals surface area contributed by atoms with Crippen molar-refractivity contribution in [2.45, 2.75) is 6.61 Å². The van der Waals surface area contributed by atoms with E-state index in [0.29, 0.717) is 41.7 Å². The summed E-state index contributed by atoms with van der Waals surface area (Å²) in [7, 11) is 0. The molecule has 0 aliphatic carbocycles. The number of hydrogen-bond acceptors (Lipinski definition) is 5. The van der Waals surface area contributed by atoms with Gasteiger partial charge < -0.3 is 19.9 Å². The third-order valence-electron chi connectivity index (χ3n) is 5.17. The first kappa shape index (κ1) is 19.1. The van der Waals surface area contributed by atoms with Crippen LogP contribution in [0.15, 0.2) is 72.8 Å². The van der Waals surface area contributed by atoms with Gasteiger partial charge in [0.2, 0.25) is 0 Å². The van der Waals surface area contributed by atoms with Gasteiger partial charge in [0.25, 0.3) is 5.91 Å². The first-order chi connectivity index (χ1) is 15.2. The second kappa shape index (κ2) is 8.08. The minimum atomic E-state index is -0.243. The number of rotatable bonds is 4. The molecular weight excluding hydrogens is 392 g/mol. The molecule has 6 nitrogen and oxygen atoms in total. The zero-order valence-electron chi connectivity index (χ0n) is 16.7. The van der Waals surface area contributed by atoms with Gasteiger partial charge in [0.1, 0.15) is 13.2 Å². The fraction of sp³-hybridized carbons (Fsp3) is 0.120. The van der Waals surface area contributed by atoms with Crippen LogP contribution < -0.4 is 14.8 Å². The van der Waals surface area contributed by atoms with Gasteiger partial charge in [0.05, 0.1) is 23.4 Å². The molecular formula is C25H20N2O4. The summed E-state index contributed by atoms with van der Waals surface area (Å²) in [6.07, 6.45) is 0. The number of aromatic nitrogens is 1. The van der Waals surface area contributed by atoms with Crippen molar-refractivity contribution >= 4 is 22.5 Å². The number of pyridine rings is 1. The van der Waals surface area contributed by atoms with Crippen LogP contribution in [0.2, 0.25) is 0 Å². The highest BCUT2D eigenvalue weighted by Crippen LogP contribution is 2.35. The second-order valence-electron chi connectivity index (χ2n) is 7.24. The molecule has 0 atom stereocenters. The summed E-state index contributed by atoms with van der Waals surface area (Å²) in [5, 5.41) is 13.1. The van der Waals surface area contributed by atoms with Crippen LogP contribution in [0.5, 0.6) is 11.5 Å². The number of anilines is 1. The first-order valence-corrected chi connectivity index (χ1v) is 10.0. The maximum atomic E-state index is 13.2. The van der Waals surface area contributed by atoms with Gasteiger partial charge in [-0.05, 0) is 48.0 Å². The monoisotopic (exact) mass is 412 g/mol. The predicted molar refractivity (Wildman–Crippen MR) is 118 cm³/mol. The highest BCUT2D eigenvalue weighted by Gasteiger charge is 2.17. The molecule has 0 saturated carbocycles. The molecule has 154 valence electrons. The van der Waals surface area contributed by atoms with Gasteiger partial charge in [-0.2, -0.15) is 0 Å². The fourth-order valence-corrected chi connectivity index (χ4v) is 3.66. The van der Waals surface area contributed by atoms with E-state index in [9.17, 15) is 9.90 Å². The minimum absolute atomic E-state index is 0.0871. The van der Waals surface area contributed by atoms with E-state index in [-0.39, 0.29) is 12.5 Å². The average molecular weight is 412 g/mol. The lowest BCUT2D eigenvalue weighted by atomic mass is 10.0. The summed E-state index contributed by atoms with van der Waals surface area (Å²) in [5.74, 6) is 1.13. The van der Waals surface area contributed by atoms with E-state index >= 15 is 0 Å². The molecule has 5 rings (SSSR count). The Kier molecular flexibility index (Phi) is 4.98. The van der Waals surface area contributed by atoms with Gasteiger partial charge in [-0.3, -0.25) is 4.79 Å². The van der Waals surface area contributed by atoms with Crippen LogP contribution in [0.1, 0.15) is 15.9 Å². The van der Waals surface area contributed by atoms with Crippen molar-refractivity contribution in [1.29, 1.82) is 0 Å². The lowest BCUT2D eigenvalue weighted by molar-refractivity contribution is 0.102. The minimum Gasteiger partial charge on any atom is -0.486 e. The molecule has 4 aromatic rings. The fourth-order valence-electron chi connectivity index (χ4n) is 3.66. The molecule has 0 fully saturated rings. The SMILES string of the molecule is O=C(Nc1cccc(CO)c1)c1cc(-c2ccc3c(c2)OCCO3)nc2ccccc12. The Balaban J connectivity index is 1.57. The molecule has 1 aliphatic heterocycles. The zero-order valence-corrected chi connectivity index (χ0v) is 16.7. The lowest BCUT2D eigenvalue weighted by Gasteiger charge is -2.19. The number of benzene rings is 3. The number of fused-ring (bicyclic) bond motifs is 2. The molecule has 0 spiro atoms. The van der Waals surface area contributed by atoms with Crippen molar-refractivity contribution in [1.82, 2.24) is 4.98 Å². The molecule has 1 aromatic heterocycles. The summed E-state index contributed by atoms with van der Waals surface area (Å²) in [4.78, 5) is 18.0. The van der Waals surface area contributed by atoms with E-state index in [0.717, 1.165) is 22.0 Å². The number of amides is 1. The van der Waals surface area contributed by atoms with Crippen LogP contribution in [0.4, 0.5) is 5.69 Å². The van der Waals surface area contributed by atoms with Crippen LogP contribution in [0.25, 0.3) is 22.2 Å². The lowest BCUT2D eigenvalue weighted by Crippen LogP contribution is -2.15. The summed E-state index contributed by atoms with van der Waals surface area (Å²) >= 11 is 0. The van der Waals surface area contributed by atoms with Crippen LogP contribution in [-0.2, 0) is 6.61 Å². The third kappa shape index (κ3) is 3.81. The molecule has 6 heteroatoms. The highest BCUT2D eigenvalue weighted by molar-refractivity contribution is 6.13. The van der Waals surface area contributed by atoms with E-state index < -0.39 is 0 Å². The van der Waals surface area contributed by atoms with Crippen LogP contribution in [0.3, 0.4) is 0 Å². The van der Waals surface area contributed by atoms with Crippen LogP contribution >= 0.6 is 0 Å². The number of ether oxygens (including phenoxy) is 2. The van der Waals surface area contributed by atoms with Crippen molar-refractivity contribution in [2.24, 2.45) is 0 Å². The van der Waals surface area contributed by atoms with Gasteiger partial charge in [0.15, 0.2) is 11.5 Å². The van der Waals surface area contributed by atoms with Gasteiger partial charge in [0, 0.05) is 16.6 Å². The molecule has 1 aliphatic rings. The number of hydrogen-bond donors (Lipinski definition) is 2. The summed E-state index contributed by atoms with van der Waals surface area (Å²) < 4.78 is 11.3. The molecule has 31 heavy (non-hydrogen) atoms. The Morgan fingerprint density at radius 2 is 1.77 bits per heavy atom. The average Bonchev–Trinajstić information content (AvgIpc) is 2.83. The zero-order chi connectivity index (χ0) is 21.2. The predicted octanol–water partition coefficient (Wildman–Crippen LogP) is 4.42. The summed E-state index contributed by atoms with van der Waals surface area (Å²) in [6, 6.07) is 22.2. The number of para-hydroxylation sites is 1. The Bertz CT molecular complexity index is 1290. The Morgan fingerprint density at radius 1 is 0.935 bits per heavy atom. The van der Waals surface area contributed by atoms with E-state index in [1.165, 1.54) is 0 Å². The van der Waals surface area contributed by atoms with Gasteiger partial charge in [-0.1, -0.05) is 30.3 Å². The van der Waals surface area contributed by atoms with Gasteiger partial charge in [-0.15, -0.1) is 0 Å². The standard InChI is InChI=1S/C25H20N2O4/c28-15-16-4-3-5-18(12-16)26-25(29)20-14-22(27-21-7-2-1-6-19(20)21)17-8-9-23-24(13-17)31-11-10-30-23/h1-9,12-14,28H,10-11,15H2,(H,26,29). The number of aliphatic hydroxyl groups excluding tert-OH is 1. The van der Waals surface area contributed by atoms with E-state index in [2.05, 4.69) is 5.32 Å². The van der Waals surface area contributed by atoms with E-state index in [1.807, 2.05) is 42.5 Å². The molecule has 1 amide bonds. The molecule has 0 radical (unpaired) electrons. The van der Waals surface area contributed by atoms with Crippen LogP contribution in [-0.4, -0.2) is 29.2 Å². The number of aliphatic hydroxyl groups is 1. The number of carbonyl (C=O) groups is 1. The number of nitrogens with zero attached hydrogens (tertiary/aromatic N) is 1. The maximum Gasteiger partial charge on any atom is 0.256 e. The first-order valence-electron chi connectivity index (χ1n) is 10.0. The third-order valence-corrected chi connectivity index (χ3v) is 5.17. The van der Waals surface area contributed by atoms with Gasteiger partial charge >= 0.3 is 0 Å². The van der Waals surface area contributed by atoms with Crippen molar-refractivity contribution < 1.29 is 19.4 Å². The van der Waals surface area contributed by atoms with E-state index in [4.69, 9.17) is 14.5 Å². The van der Waals surface area contributed by atoms with Crippen LogP contribution in [0, 0.1) is 0 Å². The molecule has 0 saturated heterocycles. The molecule has 0 bridgehead atoms. The topological polar surface area (TPSA) is 80.7 Å². The van der Waals surface area contributed by atoms with Crippen molar-refractivity contribution in [3.8, 4) is 22.8 Å². The Labute approximate surface area is 179 Å². The molecule has 2 heterocycles. The highest BCUT2D eigenvalue weighted by atomic mass is 16.6. The second-order valence-corrected chi connectivity index (χ2v) is 7.24. The quantitative estimate of drug-likeness (QED) is 0.519. The molecule has 3 aromatic carbocycles. The van der Waals surface area contributed by atoms with Crippen molar-refractivity contribution in [2.75, 3.05) is 18.5 Å². The largest absolute Gasteiger partial charge is 0.486 e. The number of nitrogens with one attached hydrogen (secondary N) is 1. The van der Waals surface area contributed by atoms with Crippen molar-refractivity contribution in [3.05, 3.63) is 83.9 Å². The van der Waals surface area contributed by atoms with Gasteiger partial charge in [-0.25, -0.2) is 4.98 Å².